The first-order chi connectivity index (χ1) is 14.4. The van der Waals surface area contributed by atoms with Crippen molar-refractivity contribution in [1.82, 2.24) is 4.90 Å². The zero-order chi connectivity index (χ0) is 21.4. The molecular formula is C24H25ClN2O3. The predicted octanol–water partition coefficient (Wildman–Crippen LogP) is 4.67. The van der Waals surface area contributed by atoms with Crippen molar-refractivity contribution in [2.45, 2.75) is 26.7 Å². The number of rotatable bonds is 4. The topological polar surface area (TPSA) is 49.9 Å². The highest BCUT2D eigenvalue weighted by atomic mass is 35.5. The van der Waals surface area contributed by atoms with Crippen LogP contribution >= 0.6 is 11.6 Å². The minimum Gasteiger partial charge on any atom is -0.496 e. The van der Waals surface area contributed by atoms with Gasteiger partial charge in [0.1, 0.15) is 11.4 Å². The van der Waals surface area contributed by atoms with Crippen molar-refractivity contribution in [1.29, 1.82) is 0 Å². The third-order valence-corrected chi connectivity index (χ3v) is 6.30. The van der Waals surface area contributed by atoms with E-state index in [4.69, 9.17) is 16.3 Å². The standard InChI is InChI=1S/C24H25ClN2O3/c1-15-8-7-13-26(14-15)22-21(17-9-4-5-12-20(17)30-3)23(28)27(24(22)29)19-11-6-10-18(25)16(19)2/h4-6,9-12,15H,7-8,13-14H2,1-3H3. The van der Waals surface area contributed by atoms with Crippen LogP contribution in [0, 0.1) is 12.8 Å². The molecular weight excluding hydrogens is 400 g/mol. The third-order valence-electron chi connectivity index (χ3n) is 5.89. The molecule has 0 aromatic heterocycles. The molecule has 1 saturated heterocycles. The van der Waals surface area contributed by atoms with Gasteiger partial charge in [0, 0.05) is 23.7 Å². The quantitative estimate of drug-likeness (QED) is 0.669. The van der Waals surface area contributed by atoms with Crippen LogP contribution in [-0.4, -0.2) is 36.9 Å². The molecule has 0 bridgehead atoms. The summed E-state index contributed by atoms with van der Waals surface area (Å²) in [6, 6.07) is 12.6. The van der Waals surface area contributed by atoms with Gasteiger partial charge in [-0.25, -0.2) is 4.90 Å². The van der Waals surface area contributed by atoms with Gasteiger partial charge in [0.05, 0.1) is 18.4 Å². The van der Waals surface area contributed by atoms with E-state index < -0.39 is 0 Å². The van der Waals surface area contributed by atoms with E-state index in [9.17, 15) is 9.59 Å². The number of hydrogen-bond donors (Lipinski definition) is 0. The second-order valence-electron chi connectivity index (χ2n) is 7.95. The molecule has 2 aliphatic rings. The maximum absolute atomic E-state index is 13.7. The van der Waals surface area contributed by atoms with Crippen LogP contribution in [0.5, 0.6) is 5.75 Å². The van der Waals surface area contributed by atoms with Crippen LogP contribution in [0.15, 0.2) is 48.2 Å². The summed E-state index contributed by atoms with van der Waals surface area (Å²) >= 11 is 6.30. The summed E-state index contributed by atoms with van der Waals surface area (Å²) in [5.74, 6) is 0.374. The molecule has 2 aliphatic heterocycles. The van der Waals surface area contributed by atoms with Crippen LogP contribution in [0.4, 0.5) is 5.69 Å². The Morgan fingerprint density at radius 2 is 1.83 bits per heavy atom. The highest BCUT2D eigenvalue weighted by Crippen LogP contribution is 2.40. The number of hydrogen-bond acceptors (Lipinski definition) is 4. The summed E-state index contributed by atoms with van der Waals surface area (Å²) in [4.78, 5) is 30.7. The normalized spacial score (nSPS) is 19.7. The minimum absolute atomic E-state index is 0.305. The second kappa shape index (κ2) is 8.15. The van der Waals surface area contributed by atoms with Gasteiger partial charge in [-0.15, -0.1) is 0 Å². The van der Waals surface area contributed by atoms with Gasteiger partial charge in [0.2, 0.25) is 0 Å². The van der Waals surface area contributed by atoms with Gasteiger partial charge >= 0.3 is 0 Å². The maximum Gasteiger partial charge on any atom is 0.282 e. The molecule has 2 amide bonds. The van der Waals surface area contributed by atoms with Crippen molar-refractivity contribution in [2.24, 2.45) is 5.92 Å². The van der Waals surface area contributed by atoms with E-state index in [1.807, 2.05) is 31.2 Å². The van der Waals surface area contributed by atoms with Crippen LogP contribution < -0.4 is 9.64 Å². The number of benzene rings is 2. The average Bonchev–Trinajstić information content (AvgIpc) is 3.00. The number of likely N-dealkylation sites (tertiary alicyclic amines) is 1. The summed E-state index contributed by atoms with van der Waals surface area (Å²) in [5.41, 5.74) is 2.70. The molecule has 0 saturated carbocycles. The predicted molar refractivity (Wildman–Crippen MR) is 119 cm³/mol. The highest BCUT2D eigenvalue weighted by Gasteiger charge is 2.44. The van der Waals surface area contributed by atoms with E-state index in [1.54, 1.807) is 25.3 Å². The lowest BCUT2D eigenvalue weighted by atomic mass is 9.97. The fourth-order valence-electron chi connectivity index (χ4n) is 4.36. The Labute approximate surface area is 181 Å². The Balaban J connectivity index is 1.90. The largest absolute Gasteiger partial charge is 0.496 e. The molecule has 1 unspecified atom stereocenters. The number of methoxy groups -OCH3 is 1. The Morgan fingerprint density at radius 3 is 2.57 bits per heavy atom. The van der Waals surface area contributed by atoms with E-state index in [0.29, 0.717) is 44.8 Å². The lowest BCUT2D eigenvalue weighted by Crippen LogP contribution is -2.39. The Kier molecular flexibility index (Phi) is 5.56. The molecule has 1 atom stereocenters. The Hall–Kier alpha value is -2.79. The van der Waals surface area contributed by atoms with E-state index in [-0.39, 0.29) is 11.8 Å². The SMILES string of the molecule is COc1ccccc1C1=C(N2CCCC(C)C2)C(=O)N(c2cccc(Cl)c2C)C1=O. The number of piperidine rings is 1. The number of ether oxygens (including phenoxy) is 1. The van der Waals surface area contributed by atoms with Crippen molar-refractivity contribution < 1.29 is 14.3 Å². The van der Waals surface area contributed by atoms with Gasteiger partial charge < -0.3 is 9.64 Å². The number of carbonyl (C=O) groups is 2. The molecule has 1 fully saturated rings. The summed E-state index contributed by atoms with van der Waals surface area (Å²) in [5, 5.41) is 0.520. The van der Waals surface area contributed by atoms with Crippen molar-refractivity contribution in [3.8, 4) is 5.75 Å². The maximum atomic E-state index is 13.7. The zero-order valence-corrected chi connectivity index (χ0v) is 18.2. The van der Waals surface area contributed by atoms with Gasteiger partial charge in [0.25, 0.3) is 11.8 Å². The molecule has 2 aromatic rings. The number of imide groups is 1. The lowest BCUT2D eigenvalue weighted by molar-refractivity contribution is -0.120. The smallest absolute Gasteiger partial charge is 0.282 e. The van der Waals surface area contributed by atoms with E-state index in [2.05, 4.69) is 11.8 Å². The van der Waals surface area contributed by atoms with Crippen LogP contribution in [0.1, 0.15) is 30.9 Å². The van der Waals surface area contributed by atoms with Crippen molar-refractivity contribution in [3.63, 3.8) is 0 Å². The van der Waals surface area contributed by atoms with Crippen molar-refractivity contribution in [3.05, 3.63) is 64.3 Å². The second-order valence-corrected chi connectivity index (χ2v) is 8.35. The Bertz CT molecular complexity index is 1050. The molecule has 156 valence electrons. The summed E-state index contributed by atoms with van der Waals surface area (Å²) in [6.45, 7) is 5.49. The minimum atomic E-state index is -0.344. The van der Waals surface area contributed by atoms with Gasteiger partial charge in [-0.1, -0.05) is 42.8 Å². The molecule has 5 nitrogen and oxygen atoms in total. The number of amides is 2. The molecule has 30 heavy (non-hydrogen) atoms. The van der Waals surface area contributed by atoms with Crippen LogP contribution in [0.25, 0.3) is 5.57 Å². The van der Waals surface area contributed by atoms with Crippen LogP contribution in [-0.2, 0) is 9.59 Å². The molecule has 0 aliphatic carbocycles. The number of anilines is 1. The molecule has 2 aromatic carbocycles. The lowest BCUT2D eigenvalue weighted by Gasteiger charge is -2.33. The molecule has 6 heteroatoms. The fraction of sp³-hybridized carbons (Fsp3) is 0.333. The first kappa shape index (κ1) is 20.5. The third kappa shape index (κ3) is 3.37. The average molecular weight is 425 g/mol. The summed E-state index contributed by atoms with van der Waals surface area (Å²) in [7, 11) is 1.57. The zero-order valence-electron chi connectivity index (χ0n) is 17.4. The molecule has 0 N–H and O–H groups in total. The van der Waals surface area contributed by atoms with Crippen molar-refractivity contribution in [2.75, 3.05) is 25.1 Å². The first-order valence-corrected chi connectivity index (χ1v) is 10.6. The van der Waals surface area contributed by atoms with Gasteiger partial charge in [-0.2, -0.15) is 0 Å². The summed E-state index contributed by atoms with van der Waals surface area (Å²) in [6.07, 6.45) is 2.11. The molecule has 4 rings (SSSR count). The van der Waals surface area contributed by atoms with Gasteiger partial charge in [-0.05, 0) is 49.4 Å². The monoisotopic (exact) mass is 424 g/mol. The Morgan fingerprint density at radius 1 is 1.07 bits per heavy atom. The first-order valence-electron chi connectivity index (χ1n) is 10.2. The van der Waals surface area contributed by atoms with Gasteiger partial charge in [-0.3, -0.25) is 9.59 Å². The van der Waals surface area contributed by atoms with E-state index >= 15 is 0 Å². The van der Waals surface area contributed by atoms with Crippen LogP contribution in [0.3, 0.4) is 0 Å². The highest BCUT2D eigenvalue weighted by molar-refractivity contribution is 6.46. The van der Waals surface area contributed by atoms with Crippen molar-refractivity contribution >= 4 is 34.7 Å². The van der Waals surface area contributed by atoms with E-state index in [1.165, 1.54) is 4.90 Å². The number of carbonyl (C=O) groups excluding carboxylic acids is 2. The van der Waals surface area contributed by atoms with Gasteiger partial charge in [0.15, 0.2) is 0 Å². The molecule has 0 spiro atoms. The molecule has 2 heterocycles. The number of halogens is 1. The fourth-order valence-corrected chi connectivity index (χ4v) is 4.52. The van der Waals surface area contributed by atoms with E-state index in [0.717, 1.165) is 25.9 Å². The molecule has 0 radical (unpaired) electrons. The number of para-hydroxylation sites is 1. The number of nitrogens with zero attached hydrogens (tertiary/aromatic N) is 2. The van der Waals surface area contributed by atoms with Crippen LogP contribution in [0.2, 0.25) is 5.02 Å². The summed E-state index contributed by atoms with van der Waals surface area (Å²) < 4.78 is 5.53.